The summed E-state index contributed by atoms with van der Waals surface area (Å²) in [6.45, 7) is 2.17. The molecule has 20 heavy (non-hydrogen) atoms. The lowest BCUT2D eigenvalue weighted by atomic mass is 10.0. The van der Waals surface area contributed by atoms with E-state index in [0.29, 0.717) is 6.61 Å². The summed E-state index contributed by atoms with van der Waals surface area (Å²) in [4.78, 5) is 24.0. The van der Waals surface area contributed by atoms with Crippen LogP contribution in [-0.4, -0.2) is 42.4 Å². The average molecular weight is 317 g/mol. The van der Waals surface area contributed by atoms with E-state index in [4.69, 9.17) is 31.7 Å². The zero-order valence-electron chi connectivity index (χ0n) is 11.4. The summed E-state index contributed by atoms with van der Waals surface area (Å²) >= 11 is 6.10. The highest BCUT2D eigenvalue weighted by atomic mass is 32.2. The van der Waals surface area contributed by atoms with Gasteiger partial charge in [0.15, 0.2) is 5.41 Å². The molecule has 0 aromatic heterocycles. The summed E-state index contributed by atoms with van der Waals surface area (Å²) in [5.74, 6) is -1.90. The number of hydrogen-bond donors (Lipinski definition) is 0. The molecule has 8 heteroatoms. The molecule has 0 saturated heterocycles. The van der Waals surface area contributed by atoms with Gasteiger partial charge in [-0.05, 0) is 19.1 Å². The first-order valence-corrected chi connectivity index (χ1v) is 7.16. The van der Waals surface area contributed by atoms with Crippen molar-refractivity contribution in [3.63, 3.8) is 0 Å². The highest BCUT2D eigenvalue weighted by Gasteiger charge is 2.77. The monoisotopic (exact) mass is 317 g/mol. The quantitative estimate of drug-likeness (QED) is 0.426. The van der Waals surface area contributed by atoms with Crippen LogP contribution in [0.5, 0.6) is 0 Å². The van der Waals surface area contributed by atoms with Crippen LogP contribution in [0.1, 0.15) is 13.3 Å². The minimum Gasteiger partial charge on any atom is -0.479 e. The van der Waals surface area contributed by atoms with Crippen molar-refractivity contribution in [2.75, 3.05) is 20.8 Å². The molecule has 2 atom stereocenters. The third-order valence-electron chi connectivity index (χ3n) is 3.13. The van der Waals surface area contributed by atoms with Crippen LogP contribution in [0.4, 0.5) is 0 Å². The molecular weight excluding hydrogens is 302 g/mol. The SMILES string of the molecule is CCOC(=S)S[C@@H]1[C@@H](CC#N)C1(C(=O)OC)C(=O)OC. The number of carbonyl (C=O) groups is 2. The lowest BCUT2D eigenvalue weighted by Gasteiger charge is -2.12. The number of rotatable bonds is 5. The molecule has 0 radical (unpaired) electrons. The van der Waals surface area contributed by atoms with Crippen LogP contribution >= 0.6 is 24.0 Å². The lowest BCUT2D eigenvalue weighted by molar-refractivity contribution is -0.161. The summed E-state index contributed by atoms with van der Waals surface area (Å²) in [6.07, 6.45) is 0.0383. The van der Waals surface area contributed by atoms with Crippen LogP contribution in [-0.2, 0) is 23.8 Å². The number of nitriles is 1. The Labute approximate surface area is 126 Å². The van der Waals surface area contributed by atoms with Gasteiger partial charge in [0.05, 0.1) is 26.9 Å². The summed E-state index contributed by atoms with van der Waals surface area (Å²) < 4.78 is 14.8. The molecule has 0 unspecified atom stereocenters. The Morgan fingerprint density at radius 3 is 2.30 bits per heavy atom. The molecule has 1 fully saturated rings. The number of hydrogen-bond acceptors (Lipinski definition) is 8. The van der Waals surface area contributed by atoms with E-state index in [2.05, 4.69) is 0 Å². The van der Waals surface area contributed by atoms with E-state index in [1.165, 1.54) is 14.2 Å². The first-order valence-electron chi connectivity index (χ1n) is 5.87. The van der Waals surface area contributed by atoms with Crippen molar-refractivity contribution < 1.29 is 23.8 Å². The van der Waals surface area contributed by atoms with Crippen LogP contribution in [0.3, 0.4) is 0 Å². The van der Waals surface area contributed by atoms with Gasteiger partial charge in [-0.3, -0.25) is 9.59 Å². The third-order valence-corrected chi connectivity index (χ3v) is 4.80. The van der Waals surface area contributed by atoms with Crippen molar-refractivity contribution in [2.45, 2.75) is 18.6 Å². The van der Waals surface area contributed by atoms with Gasteiger partial charge in [0.1, 0.15) is 0 Å². The first kappa shape index (κ1) is 16.7. The van der Waals surface area contributed by atoms with E-state index in [1.54, 1.807) is 6.92 Å². The molecule has 110 valence electrons. The summed E-state index contributed by atoms with van der Waals surface area (Å²) in [6, 6.07) is 1.96. The van der Waals surface area contributed by atoms with Crippen molar-refractivity contribution in [2.24, 2.45) is 11.3 Å². The molecule has 1 saturated carbocycles. The number of nitrogens with zero attached hydrogens (tertiary/aromatic N) is 1. The van der Waals surface area contributed by atoms with Gasteiger partial charge in [0.2, 0.25) is 4.38 Å². The maximum Gasteiger partial charge on any atom is 0.324 e. The van der Waals surface area contributed by atoms with E-state index in [0.717, 1.165) is 11.8 Å². The molecule has 0 heterocycles. The molecular formula is C12H15NO5S2. The molecule has 0 aliphatic heterocycles. The highest BCUT2D eigenvalue weighted by Crippen LogP contribution is 2.62. The number of thioether (sulfide) groups is 1. The second-order valence-electron chi connectivity index (χ2n) is 4.04. The molecule has 0 bridgehead atoms. The topological polar surface area (TPSA) is 85.6 Å². The van der Waals surface area contributed by atoms with E-state index < -0.39 is 28.5 Å². The third kappa shape index (κ3) is 2.74. The van der Waals surface area contributed by atoms with E-state index in [9.17, 15) is 9.59 Å². The molecule has 1 aliphatic rings. The van der Waals surface area contributed by atoms with Crippen molar-refractivity contribution in [1.29, 1.82) is 5.26 Å². The molecule has 6 nitrogen and oxygen atoms in total. The zero-order valence-corrected chi connectivity index (χ0v) is 13.0. The smallest absolute Gasteiger partial charge is 0.324 e. The van der Waals surface area contributed by atoms with Gasteiger partial charge < -0.3 is 14.2 Å². The Kier molecular flexibility index (Phi) is 5.77. The van der Waals surface area contributed by atoms with Crippen molar-refractivity contribution in [3.8, 4) is 6.07 Å². The molecule has 0 spiro atoms. The van der Waals surface area contributed by atoms with Crippen LogP contribution in [0, 0.1) is 22.7 Å². The summed E-state index contributed by atoms with van der Waals surface area (Å²) in [5.41, 5.74) is -1.47. The van der Waals surface area contributed by atoms with E-state index >= 15 is 0 Å². The average Bonchev–Trinajstić information content (AvgIpc) is 3.05. The Morgan fingerprint density at radius 1 is 1.35 bits per heavy atom. The molecule has 0 aromatic carbocycles. The second-order valence-corrected chi connectivity index (χ2v) is 5.79. The van der Waals surface area contributed by atoms with Gasteiger partial charge in [-0.15, -0.1) is 0 Å². The zero-order chi connectivity index (χ0) is 15.3. The van der Waals surface area contributed by atoms with Gasteiger partial charge in [-0.25, -0.2) is 0 Å². The predicted molar refractivity (Wildman–Crippen MR) is 75.8 cm³/mol. The molecule has 0 aromatic rings. The number of carbonyl (C=O) groups excluding carboxylic acids is 2. The summed E-state index contributed by atoms with van der Waals surface area (Å²) in [7, 11) is 2.38. The van der Waals surface area contributed by atoms with Crippen LogP contribution in [0.15, 0.2) is 0 Å². The highest BCUT2D eigenvalue weighted by molar-refractivity contribution is 8.23. The van der Waals surface area contributed by atoms with Crippen molar-refractivity contribution in [3.05, 3.63) is 0 Å². The normalized spacial score (nSPS) is 22.3. The van der Waals surface area contributed by atoms with Gasteiger partial charge in [-0.2, -0.15) is 5.26 Å². The minimum atomic E-state index is -1.47. The fraction of sp³-hybridized carbons (Fsp3) is 0.667. The van der Waals surface area contributed by atoms with Gasteiger partial charge >= 0.3 is 11.9 Å². The maximum absolute atomic E-state index is 12.0. The maximum atomic E-state index is 12.0. The van der Waals surface area contributed by atoms with Crippen LogP contribution in [0.25, 0.3) is 0 Å². The Balaban J connectivity index is 3.01. The van der Waals surface area contributed by atoms with E-state index in [1.807, 2.05) is 6.07 Å². The largest absolute Gasteiger partial charge is 0.479 e. The molecule has 0 amide bonds. The van der Waals surface area contributed by atoms with Gasteiger partial charge in [0, 0.05) is 17.6 Å². The van der Waals surface area contributed by atoms with Crippen LogP contribution < -0.4 is 0 Å². The van der Waals surface area contributed by atoms with Gasteiger partial charge in [-0.1, -0.05) is 11.8 Å². The number of thiocarbonyl (C=S) groups is 1. The van der Waals surface area contributed by atoms with E-state index in [-0.39, 0.29) is 10.8 Å². The Morgan fingerprint density at radius 2 is 1.90 bits per heavy atom. The molecule has 1 rings (SSSR count). The lowest BCUT2D eigenvalue weighted by Crippen LogP contribution is -2.32. The Bertz CT molecular complexity index is 443. The van der Waals surface area contributed by atoms with Crippen molar-refractivity contribution in [1.82, 2.24) is 0 Å². The standard InChI is InChI=1S/C12H15NO5S2/c1-4-18-11(19)20-8-7(5-6-13)12(8,9(14)16-2)10(15)17-3/h7-8H,4-5H2,1-3H3/t7-,8-/m1/s1. The van der Waals surface area contributed by atoms with Gasteiger partial charge in [0.25, 0.3) is 0 Å². The fourth-order valence-electron chi connectivity index (χ4n) is 2.18. The fourth-order valence-corrected chi connectivity index (χ4v) is 3.95. The number of ether oxygens (including phenoxy) is 3. The van der Waals surface area contributed by atoms with Crippen molar-refractivity contribution >= 4 is 40.3 Å². The number of esters is 2. The second kappa shape index (κ2) is 6.90. The summed E-state index contributed by atoms with van der Waals surface area (Å²) in [5, 5.41) is 8.35. The first-order chi connectivity index (χ1) is 9.50. The molecule has 1 aliphatic carbocycles. The molecule has 0 N–H and O–H groups in total. The predicted octanol–water partition coefficient (Wildman–Crippen LogP) is 1.29. The minimum absolute atomic E-state index is 0.0383. The Hall–Kier alpha value is -1.33. The van der Waals surface area contributed by atoms with Crippen LogP contribution in [0.2, 0.25) is 0 Å². The number of methoxy groups -OCH3 is 2.